The van der Waals surface area contributed by atoms with Crippen LogP contribution in [-0.2, 0) is 0 Å². The molecule has 11 rings (SSSR count). The van der Waals surface area contributed by atoms with Gasteiger partial charge in [-0.2, -0.15) is 0 Å². The highest BCUT2D eigenvalue weighted by atomic mass is 32.1. The van der Waals surface area contributed by atoms with Crippen LogP contribution in [0.1, 0.15) is 0 Å². The van der Waals surface area contributed by atoms with E-state index in [-0.39, 0.29) is 0 Å². The molecule has 0 bridgehead atoms. The summed E-state index contributed by atoms with van der Waals surface area (Å²) < 4.78 is 2.63. The molecule has 0 radical (unpaired) electrons. The molecule has 0 spiro atoms. The van der Waals surface area contributed by atoms with Crippen LogP contribution in [0.4, 0.5) is 17.1 Å². The lowest BCUT2D eigenvalue weighted by Gasteiger charge is -2.31. The van der Waals surface area contributed by atoms with Crippen molar-refractivity contribution in [3.05, 3.63) is 249 Å². The molecule has 0 aliphatic heterocycles. The van der Waals surface area contributed by atoms with Gasteiger partial charge in [-0.3, -0.25) is 0 Å². The van der Waals surface area contributed by atoms with Crippen molar-refractivity contribution in [2.24, 2.45) is 0 Å². The van der Waals surface area contributed by atoms with Crippen molar-refractivity contribution in [3.63, 3.8) is 0 Å². The van der Waals surface area contributed by atoms with E-state index >= 15 is 0 Å². The lowest BCUT2D eigenvalue weighted by Crippen LogP contribution is -2.13. The number of hydrogen-bond acceptors (Lipinski definition) is 2. The van der Waals surface area contributed by atoms with Gasteiger partial charge in [-0.15, -0.1) is 11.3 Å². The minimum atomic E-state index is 1.08. The van der Waals surface area contributed by atoms with Gasteiger partial charge in [-0.25, -0.2) is 0 Å². The largest absolute Gasteiger partial charge is 0.309 e. The predicted octanol–water partition coefficient (Wildman–Crippen LogP) is 17.5. The van der Waals surface area contributed by atoms with Gasteiger partial charge >= 0.3 is 0 Å². The summed E-state index contributed by atoms with van der Waals surface area (Å²) in [4.78, 5) is 2.48. The summed E-state index contributed by atoms with van der Waals surface area (Å²) in [6.45, 7) is 0. The number of benzene rings is 10. The predicted molar refractivity (Wildman–Crippen MR) is 267 cm³/mol. The minimum absolute atomic E-state index is 1.08. The van der Waals surface area contributed by atoms with E-state index in [1.165, 1.54) is 75.8 Å². The van der Waals surface area contributed by atoms with Crippen molar-refractivity contribution >= 4 is 48.6 Å². The lowest BCUT2D eigenvalue weighted by molar-refractivity contribution is 1.28. The molecule has 0 saturated carbocycles. The molecule has 0 atom stereocenters. The standard InChI is InChI=1S/C60H41NS/c1-4-17-42(18-5-1)43-31-33-47(34-32-43)51-24-12-14-28-56(51)61(49-38-35-44(36-39-49)48-37-40-59-55(41-48)53-25-13-15-30-58(53)62-59)57-29-16-27-52(46-21-8-3-9-22-46)60(57)54-26-11-10-23-50(54)45-19-6-2-7-20-45/h1-41H. The first-order valence-electron chi connectivity index (χ1n) is 21.2. The summed E-state index contributed by atoms with van der Waals surface area (Å²) in [7, 11) is 0. The first-order chi connectivity index (χ1) is 30.8. The van der Waals surface area contributed by atoms with Crippen LogP contribution in [0, 0.1) is 0 Å². The SMILES string of the molecule is c1ccc(-c2ccc(-c3ccccc3N(c3ccc(-c4ccc5sc6ccccc6c5c4)cc3)c3cccc(-c4ccccc4)c3-c3ccccc3-c3ccccc3)cc2)cc1. The van der Waals surface area contributed by atoms with Gasteiger partial charge in [0.15, 0.2) is 0 Å². The highest BCUT2D eigenvalue weighted by Crippen LogP contribution is 2.50. The Morgan fingerprint density at radius 2 is 0.710 bits per heavy atom. The number of hydrogen-bond donors (Lipinski definition) is 0. The summed E-state index contributed by atoms with van der Waals surface area (Å²) in [5, 5.41) is 2.62. The van der Waals surface area contributed by atoms with Crippen molar-refractivity contribution in [1.82, 2.24) is 0 Å². The monoisotopic (exact) mass is 807 g/mol. The normalized spacial score (nSPS) is 11.2. The van der Waals surface area contributed by atoms with E-state index in [2.05, 4.69) is 254 Å². The van der Waals surface area contributed by atoms with Crippen molar-refractivity contribution in [3.8, 4) is 66.8 Å². The van der Waals surface area contributed by atoms with Gasteiger partial charge < -0.3 is 4.90 Å². The van der Waals surface area contributed by atoms with E-state index in [1.54, 1.807) is 0 Å². The fraction of sp³-hybridized carbons (Fsp3) is 0. The Balaban J connectivity index is 1.13. The first kappa shape index (κ1) is 37.2. The van der Waals surface area contributed by atoms with Gasteiger partial charge in [0.2, 0.25) is 0 Å². The Morgan fingerprint density at radius 1 is 0.258 bits per heavy atom. The molecule has 1 nitrogen and oxygen atoms in total. The van der Waals surface area contributed by atoms with Crippen LogP contribution < -0.4 is 4.90 Å². The van der Waals surface area contributed by atoms with Gasteiger partial charge in [0.1, 0.15) is 0 Å². The maximum Gasteiger partial charge on any atom is 0.0546 e. The molecule has 1 aromatic heterocycles. The molecule has 2 heteroatoms. The summed E-state index contributed by atoms with van der Waals surface area (Å²) in [5.41, 5.74) is 17.4. The second-order valence-electron chi connectivity index (χ2n) is 15.6. The van der Waals surface area contributed by atoms with Gasteiger partial charge in [-0.1, -0.05) is 206 Å². The average molecular weight is 808 g/mol. The van der Waals surface area contributed by atoms with Crippen molar-refractivity contribution in [1.29, 1.82) is 0 Å². The lowest BCUT2D eigenvalue weighted by atomic mass is 9.87. The van der Waals surface area contributed by atoms with E-state index < -0.39 is 0 Å². The Morgan fingerprint density at radius 3 is 1.44 bits per heavy atom. The number of rotatable bonds is 9. The molecule has 62 heavy (non-hydrogen) atoms. The highest BCUT2D eigenvalue weighted by Gasteiger charge is 2.24. The third-order valence-electron chi connectivity index (χ3n) is 11.9. The van der Waals surface area contributed by atoms with E-state index in [4.69, 9.17) is 0 Å². The van der Waals surface area contributed by atoms with Crippen molar-refractivity contribution < 1.29 is 0 Å². The third kappa shape index (κ3) is 6.97. The van der Waals surface area contributed by atoms with Crippen LogP contribution in [0.15, 0.2) is 249 Å². The first-order valence-corrected chi connectivity index (χ1v) is 22.0. The number of thiophene rings is 1. The van der Waals surface area contributed by atoms with E-state index in [0.717, 1.165) is 28.2 Å². The summed E-state index contributed by atoms with van der Waals surface area (Å²) in [5.74, 6) is 0. The molecule has 292 valence electrons. The van der Waals surface area contributed by atoms with Crippen molar-refractivity contribution in [2.45, 2.75) is 0 Å². The zero-order valence-electron chi connectivity index (χ0n) is 34.0. The van der Waals surface area contributed by atoms with E-state index in [0.29, 0.717) is 0 Å². The van der Waals surface area contributed by atoms with E-state index in [1.807, 2.05) is 11.3 Å². The second-order valence-corrected chi connectivity index (χ2v) is 16.7. The molecule has 0 saturated heterocycles. The molecule has 0 fully saturated rings. The number of para-hydroxylation sites is 1. The van der Waals surface area contributed by atoms with Crippen LogP contribution in [0.25, 0.3) is 86.9 Å². The number of nitrogens with zero attached hydrogens (tertiary/aromatic N) is 1. The molecule has 1 heterocycles. The number of anilines is 3. The average Bonchev–Trinajstić information content (AvgIpc) is 3.73. The fourth-order valence-corrected chi connectivity index (χ4v) is 10.0. The third-order valence-corrected chi connectivity index (χ3v) is 13.1. The summed E-state index contributed by atoms with van der Waals surface area (Å²) in [6, 6.07) is 90.5. The Labute approximate surface area is 367 Å². The molecule has 11 aromatic rings. The maximum absolute atomic E-state index is 2.48. The highest BCUT2D eigenvalue weighted by molar-refractivity contribution is 7.25. The Bertz CT molecular complexity index is 3310. The fourth-order valence-electron chi connectivity index (χ4n) is 8.94. The minimum Gasteiger partial charge on any atom is -0.309 e. The van der Waals surface area contributed by atoms with Gasteiger partial charge in [0.05, 0.1) is 11.4 Å². The van der Waals surface area contributed by atoms with Gasteiger partial charge in [-0.05, 0) is 98.1 Å². The molecular formula is C60H41NS. The van der Waals surface area contributed by atoms with Gasteiger partial charge in [0.25, 0.3) is 0 Å². The topological polar surface area (TPSA) is 3.24 Å². The van der Waals surface area contributed by atoms with Crippen LogP contribution in [-0.4, -0.2) is 0 Å². The molecular weight excluding hydrogens is 767 g/mol. The summed E-state index contributed by atoms with van der Waals surface area (Å²) >= 11 is 1.86. The molecule has 0 unspecified atom stereocenters. The molecule has 10 aromatic carbocycles. The molecule has 0 aliphatic carbocycles. The van der Waals surface area contributed by atoms with Crippen LogP contribution in [0.3, 0.4) is 0 Å². The molecule has 0 N–H and O–H groups in total. The molecule has 0 amide bonds. The molecule has 0 aliphatic rings. The quantitative estimate of drug-likeness (QED) is 0.140. The van der Waals surface area contributed by atoms with Gasteiger partial charge in [0, 0.05) is 37.0 Å². The number of fused-ring (bicyclic) bond motifs is 3. The second kappa shape index (κ2) is 16.3. The Hall–Kier alpha value is -7.78. The van der Waals surface area contributed by atoms with Crippen LogP contribution in [0.5, 0.6) is 0 Å². The Kier molecular flexibility index (Phi) is 9.82. The smallest absolute Gasteiger partial charge is 0.0546 e. The van der Waals surface area contributed by atoms with Crippen LogP contribution in [0.2, 0.25) is 0 Å². The zero-order chi connectivity index (χ0) is 41.2. The van der Waals surface area contributed by atoms with Crippen LogP contribution >= 0.6 is 11.3 Å². The zero-order valence-corrected chi connectivity index (χ0v) is 34.8. The maximum atomic E-state index is 2.48. The summed E-state index contributed by atoms with van der Waals surface area (Å²) in [6.07, 6.45) is 0. The van der Waals surface area contributed by atoms with Crippen molar-refractivity contribution in [2.75, 3.05) is 4.90 Å². The van der Waals surface area contributed by atoms with E-state index in [9.17, 15) is 0 Å².